The number of carbonyl (C=O) groups excluding carboxylic acids is 1. The van der Waals surface area contributed by atoms with Crippen LogP contribution in [-0.2, 0) is 12.7 Å². The number of carbonyl (C=O) groups is 1. The molecule has 1 fully saturated rings. The summed E-state index contributed by atoms with van der Waals surface area (Å²) in [7, 11) is 1.75. The third-order valence-electron chi connectivity index (χ3n) is 6.87. The fraction of sp³-hybridized carbons (Fsp3) is 0.333. The maximum Gasteiger partial charge on any atom is 0.416 e. The quantitative estimate of drug-likeness (QED) is 0.306. The molecule has 3 heterocycles. The van der Waals surface area contributed by atoms with Crippen molar-refractivity contribution in [1.29, 1.82) is 0 Å². The molecule has 10 nitrogen and oxygen atoms in total. The number of nitrogens with one attached hydrogen (secondary N) is 3. The van der Waals surface area contributed by atoms with Crippen LogP contribution in [0.5, 0.6) is 0 Å². The van der Waals surface area contributed by atoms with Gasteiger partial charge in [-0.3, -0.25) is 9.47 Å². The molecule has 0 spiro atoms. The number of amides is 2. The van der Waals surface area contributed by atoms with Crippen molar-refractivity contribution in [1.82, 2.24) is 29.3 Å². The van der Waals surface area contributed by atoms with Gasteiger partial charge >= 0.3 is 12.2 Å². The smallest absolute Gasteiger partial charge is 0.371 e. The van der Waals surface area contributed by atoms with Crippen molar-refractivity contribution in [2.75, 3.05) is 55.7 Å². The fourth-order valence-electron chi connectivity index (χ4n) is 4.75. The monoisotopic (exact) mass is 553 g/mol. The predicted molar refractivity (Wildman–Crippen MR) is 148 cm³/mol. The normalized spacial score (nSPS) is 14.8. The number of hydrogen-bond acceptors (Lipinski definition) is 7. The second-order valence-corrected chi connectivity index (χ2v) is 9.51. The zero-order chi connectivity index (χ0) is 28.3. The van der Waals surface area contributed by atoms with Gasteiger partial charge in [0.2, 0.25) is 0 Å². The molecule has 13 heteroatoms. The molecule has 0 unspecified atom stereocenters. The molecule has 3 N–H and O–H groups in total. The van der Waals surface area contributed by atoms with E-state index in [0.29, 0.717) is 34.8 Å². The average molecular weight is 554 g/mol. The number of benzene rings is 2. The van der Waals surface area contributed by atoms with Crippen molar-refractivity contribution in [3.8, 4) is 5.69 Å². The summed E-state index contributed by atoms with van der Waals surface area (Å²) >= 11 is 0. The first-order valence-corrected chi connectivity index (χ1v) is 12.9. The first kappa shape index (κ1) is 27.3. The van der Waals surface area contributed by atoms with Gasteiger partial charge < -0.3 is 20.9 Å². The Hall–Kier alpha value is -4.23. The van der Waals surface area contributed by atoms with E-state index in [1.165, 1.54) is 6.33 Å². The summed E-state index contributed by atoms with van der Waals surface area (Å²) in [6, 6.07) is 9.98. The van der Waals surface area contributed by atoms with E-state index in [2.05, 4.69) is 47.6 Å². The van der Waals surface area contributed by atoms with Crippen LogP contribution in [-0.4, -0.2) is 75.1 Å². The highest BCUT2D eigenvalue weighted by Gasteiger charge is 2.31. The maximum atomic E-state index is 13.6. The molecule has 4 aromatic rings. The first-order chi connectivity index (χ1) is 19.2. The van der Waals surface area contributed by atoms with E-state index in [0.717, 1.165) is 50.5 Å². The van der Waals surface area contributed by atoms with E-state index in [4.69, 9.17) is 0 Å². The minimum Gasteiger partial charge on any atom is -0.371 e. The average Bonchev–Trinajstić information content (AvgIpc) is 3.38. The second kappa shape index (κ2) is 11.5. The molecule has 0 bridgehead atoms. The Kier molecular flexibility index (Phi) is 7.85. The third-order valence-corrected chi connectivity index (χ3v) is 6.87. The molecule has 0 saturated carbocycles. The topological polar surface area (TPSA) is 103 Å². The Balaban J connectivity index is 1.27. The van der Waals surface area contributed by atoms with Gasteiger partial charge in [0.15, 0.2) is 17.0 Å². The lowest BCUT2D eigenvalue weighted by Gasteiger charge is -2.34. The van der Waals surface area contributed by atoms with Crippen LogP contribution >= 0.6 is 0 Å². The predicted octanol–water partition coefficient (Wildman–Crippen LogP) is 4.66. The number of halogens is 3. The van der Waals surface area contributed by atoms with Crippen LogP contribution in [0.3, 0.4) is 0 Å². The lowest BCUT2D eigenvalue weighted by atomic mass is 10.1. The van der Waals surface area contributed by atoms with Gasteiger partial charge in [-0.15, -0.1) is 0 Å². The molecule has 5 rings (SSSR count). The molecule has 210 valence electrons. The number of likely N-dealkylation sites (N-methyl/N-ethyl adjacent to an activating group) is 1. The number of anilines is 3. The Morgan fingerprint density at radius 2 is 1.62 bits per heavy atom. The van der Waals surface area contributed by atoms with Crippen LogP contribution in [0.1, 0.15) is 18.1 Å². The van der Waals surface area contributed by atoms with E-state index in [9.17, 15) is 18.0 Å². The summed E-state index contributed by atoms with van der Waals surface area (Å²) in [4.78, 5) is 30.0. The van der Waals surface area contributed by atoms with Gasteiger partial charge in [-0.05, 0) is 54.6 Å². The van der Waals surface area contributed by atoms with Crippen LogP contribution in [0.4, 0.5) is 35.2 Å². The Labute approximate surface area is 229 Å². The molecule has 0 atom stereocenters. The van der Waals surface area contributed by atoms with Crippen LogP contribution in [0.2, 0.25) is 0 Å². The van der Waals surface area contributed by atoms with Gasteiger partial charge in [0.25, 0.3) is 0 Å². The summed E-state index contributed by atoms with van der Waals surface area (Å²) in [6.45, 7) is 6.74. The van der Waals surface area contributed by atoms with Crippen molar-refractivity contribution >= 4 is 34.4 Å². The van der Waals surface area contributed by atoms with Gasteiger partial charge in [0.1, 0.15) is 12.7 Å². The highest BCUT2D eigenvalue weighted by Crippen LogP contribution is 2.32. The van der Waals surface area contributed by atoms with E-state index < -0.39 is 17.8 Å². The van der Waals surface area contributed by atoms with Gasteiger partial charge in [0, 0.05) is 56.8 Å². The Morgan fingerprint density at radius 3 is 2.30 bits per heavy atom. The molecule has 2 aromatic carbocycles. The van der Waals surface area contributed by atoms with Crippen molar-refractivity contribution in [3.05, 3.63) is 66.2 Å². The molecular formula is C27H30F3N9O. The Bertz CT molecular complexity index is 1480. The van der Waals surface area contributed by atoms with E-state index in [-0.39, 0.29) is 5.69 Å². The molecule has 0 aliphatic carbocycles. The van der Waals surface area contributed by atoms with Crippen LogP contribution in [0.15, 0.2) is 55.1 Å². The molecule has 2 amide bonds. The van der Waals surface area contributed by atoms with Crippen LogP contribution in [0.25, 0.3) is 16.9 Å². The highest BCUT2D eigenvalue weighted by molar-refractivity contribution is 6.00. The van der Waals surface area contributed by atoms with Gasteiger partial charge in [-0.25, -0.2) is 19.7 Å². The summed E-state index contributed by atoms with van der Waals surface area (Å²) in [6.07, 6.45) is -1.46. The van der Waals surface area contributed by atoms with Crippen LogP contribution < -0.4 is 16.0 Å². The van der Waals surface area contributed by atoms with Gasteiger partial charge in [-0.2, -0.15) is 13.2 Å². The number of rotatable bonds is 7. The zero-order valence-corrected chi connectivity index (χ0v) is 22.2. The standard InChI is InChI=1S/C27H30F3N9O/c1-3-37-8-10-38(11-9-37)15-18-12-19(27(28,29)30)14-21(13-18)36-26(40)35-20-4-6-22(7-5-20)39-17-34-23-24(31-2)32-16-33-25(23)39/h4-7,12-14,16-17H,3,8-11,15H2,1-2H3,(H,31,32,33)(H2,35,36,40). The molecule has 0 radical (unpaired) electrons. The fourth-order valence-corrected chi connectivity index (χ4v) is 4.75. The van der Waals surface area contributed by atoms with Crippen molar-refractivity contribution in [2.24, 2.45) is 0 Å². The first-order valence-electron chi connectivity index (χ1n) is 12.9. The lowest BCUT2D eigenvalue weighted by Crippen LogP contribution is -2.45. The number of urea groups is 1. The third kappa shape index (κ3) is 6.15. The SMILES string of the molecule is CCN1CCN(Cc2cc(NC(=O)Nc3ccc(-n4cnc5c(NC)ncnc54)cc3)cc(C(F)(F)F)c2)CC1. The number of aromatic nitrogens is 4. The summed E-state index contributed by atoms with van der Waals surface area (Å²) in [5.74, 6) is 0.607. The largest absolute Gasteiger partial charge is 0.416 e. The number of fused-ring (bicyclic) bond motifs is 1. The molecule has 1 saturated heterocycles. The van der Waals surface area contributed by atoms with Gasteiger partial charge in [-0.1, -0.05) is 6.92 Å². The lowest BCUT2D eigenvalue weighted by molar-refractivity contribution is -0.137. The van der Waals surface area contributed by atoms with Gasteiger partial charge in [0.05, 0.1) is 5.56 Å². The molecular weight excluding hydrogens is 523 g/mol. The molecule has 1 aliphatic heterocycles. The molecule has 40 heavy (non-hydrogen) atoms. The maximum absolute atomic E-state index is 13.6. The van der Waals surface area contributed by atoms with Crippen LogP contribution in [0, 0.1) is 0 Å². The number of alkyl halides is 3. The molecule has 1 aliphatic rings. The van der Waals surface area contributed by atoms with Crippen molar-refractivity contribution in [3.63, 3.8) is 0 Å². The van der Waals surface area contributed by atoms with E-state index in [1.54, 1.807) is 48.3 Å². The van der Waals surface area contributed by atoms with Crippen molar-refractivity contribution in [2.45, 2.75) is 19.6 Å². The van der Waals surface area contributed by atoms with Crippen molar-refractivity contribution < 1.29 is 18.0 Å². The summed E-state index contributed by atoms with van der Waals surface area (Å²) in [5, 5.41) is 8.22. The highest BCUT2D eigenvalue weighted by atomic mass is 19.4. The van der Waals surface area contributed by atoms with E-state index >= 15 is 0 Å². The molecule has 2 aromatic heterocycles. The minimum atomic E-state index is -4.53. The second-order valence-electron chi connectivity index (χ2n) is 9.51. The number of nitrogens with zero attached hydrogens (tertiary/aromatic N) is 6. The summed E-state index contributed by atoms with van der Waals surface area (Å²) < 4.78 is 42.7. The van der Waals surface area contributed by atoms with E-state index in [1.807, 2.05) is 0 Å². The number of imidazole rings is 1. The Morgan fingerprint density at radius 1 is 0.925 bits per heavy atom. The minimum absolute atomic E-state index is 0.0797. The number of hydrogen-bond donors (Lipinski definition) is 3. The number of piperazine rings is 1. The zero-order valence-electron chi connectivity index (χ0n) is 22.2. The summed E-state index contributed by atoms with van der Waals surface area (Å²) in [5.41, 5.74) is 2.25.